The lowest BCUT2D eigenvalue weighted by atomic mass is 9.99. The van der Waals surface area contributed by atoms with E-state index in [1.54, 1.807) is 0 Å². The monoisotopic (exact) mass is 281 g/mol. The van der Waals surface area contributed by atoms with Gasteiger partial charge < -0.3 is 5.32 Å². The molecule has 0 fully saturated rings. The molecule has 1 aromatic heterocycles. The van der Waals surface area contributed by atoms with Crippen LogP contribution < -0.4 is 5.32 Å². The van der Waals surface area contributed by atoms with Gasteiger partial charge in [0.2, 0.25) is 5.82 Å². The summed E-state index contributed by atoms with van der Waals surface area (Å²) >= 11 is 5.57. The molecule has 1 heterocycles. The zero-order chi connectivity index (χ0) is 14.0. The van der Waals surface area contributed by atoms with Crippen LogP contribution in [-0.2, 0) is 6.18 Å². The summed E-state index contributed by atoms with van der Waals surface area (Å²) in [6.07, 6.45) is -2.89. The molecule has 0 bridgehead atoms. The maximum Gasteiger partial charge on any atom is 0.451 e. The second-order valence-corrected chi connectivity index (χ2v) is 5.04. The summed E-state index contributed by atoms with van der Waals surface area (Å²) in [6, 6.07) is 1.29. The van der Waals surface area contributed by atoms with Gasteiger partial charge in [0.25, 0.3) is 0 Å². The fourth-order valence-corrected chi connectivity index (χ4v) is 1.83. The first kappa shape index (κ1) is 15.0. The number of nitrogens with zero attached hydrogens (tertiary/aromatic N) is 2. The Morgan fingerprint density at radius 1 is 1.28 bits per heavy atom. The van der Waals surface area contributed by atoms with Gasteiger partial charge in [-0.1, -0.05) is 24.9 Å². The fourth-order valence-electron chi connectivity index (χ4n) is 1.64. The van der Waals surface area contributed by atoms with Gasteiger partial charge in [0.05, 0.1) is 0 Å². The number of aromatic nitrogens is 2. The molecule has 7 heteroatoms. The van der Waals surface area contributed by atoms with Gasteiger partial charge in [-0.05, 0) is 20.3 Å². The van der Waals surface area contributed by atoms with Crippen LogP contribution in [0.5, 0.6) is 0 Å². The zero-order valence-electron chi connectivity index (χ0n) is 10.4. The van der Waals surface area contributed by atoms with Gasteiger partial charge in [0.15, 0.2) is 0 Å². The summed E-state index contributed by atoms with van der Waals surface area (Å²) in [5.41, 5.74) is -0.352. The van der Waals surface area contributed by atoms with E-state index in [1.165, 1.54) is 6.07 Å². The number of hydrogen-bond acceptors (Lipinski definition) is 3. The lowest BCUT2D eigenvalue weighted by Gasteiger charge is -2.26. The fraction of sp³-hybridized carbons (Fsp3) is 0.636. The van der Waals surface area contributed by atoms with E-state index in [-0.39, 0.29) is 16.5 Å². The topological polar surface area (TPSA) is 37.8 Å². The Balaban J connectivity index is 3.00. The van der Waals surface area contributed by atoms with Gasteiger partial charge in [-0.3, -0.25) is 0 Å². The van der Waals surface area contributed by atoms with Gasteiger partial charge in [-0.2, -0.15) is 13.2 Å². The summed E-state index contributed by atoms with van der Waals surface area (Å²) in [7, 11) is 0. The van der Waals surface area contributed by atoms with Crippen molar-refractivity contribution >= 4 is 17.4 Å². The Morgan fingerprint density at radius 3 is 2.39 bits per heavy atom. The lowest BCUT2D eigenvalue weighted by molar-refractivity contribution is -0.144. The highest BCUT2D eigenvalue weighted by atomic mass is 35.5. The molecule has 0 aliphatic carbocycles. The number of rotatable bonds is 4. The molecular weight excluding hydrogens is 267 g/mol. The molecule has 0 unspecified atom stereocenters. The van der Waals surface area contributed by atoms with Gasteiger partial charge in [0.1, 0.15) is 11.0 Å². The molecule has 1 rings (SSSR count). The third-order valence-corrected chi connectivity index (χ3v) is 2.48. The van der Waals surface area contributed by atoms with Crippen molar-refractivity contribution in [3.05, 3.63) is 17.0 Å². The van der Waals surface area contributed by atoms with E-state index in [0.717, 1.165) is 12.8 Å². The van der Waals surface area contributed by atoms with E-state index < -0.39 is 12.0 Å². The summed E-state index contributed by atoms with van der Waals surface area (Å²) < 4.78 is 37.6. The highest BCUT2D eigenvalue weighted by Gasteiger charge is 2.35. The van der Waals surface area contributed by atoms with Crippen molar-refractivity contribution in [3.8, 4) is 0 Å². The SMILES string of the molecule is CCCC(C)(C)Nc1cc(Cl)nc(C(F)(F)F)n1. The maximum absolute atomic E-state index is 12.5. The largest absolute Gasteiger partial charge is 0.451 e. The minimum absolute atomic E-state index is 0.0841. The Hall–Kier alpha value is -1.04. The Labute approximate surface area is 109 Å². The van der Waals surface area contributed by atoms with Crippen molar-refractivity contribution in [1.29, 1.82) is 0 Å². The number of alkyl halides is 3. The quantitative estimate of drug-likeness (QED) is 0.843. The highest BCUT2D eigenvalue weighted by molar-refractivity contribution is 6.29. The van der Waals surface area contributed by atoms with E-state index in [0.29, 0.717) is 0 Å². The smallest absolute Gasteiger partial charge is 0.365 e. The first-order chi connectivity index (χ1) is 8.14. The minimum Gasteiger partial charge on any atom is -0.365 e. The van der Waals surface area contributed by atoms with E-state index in [1.807, 2.05) is 20.8 Å². The Morgan fingerprint density at radius 2 is 1.89 bits per heavy atom. The van der Waals surface area contributed by atoms with Crippen LogP contribution in [0, 0.1) is 0 Å². The minimum atomic E-state index is -4.60. The number of nitrogens with one attached hydrogen (secondary N) is 1. The number of hydrogen-bond donors (Lipinski definition) is 1. The standard InChI is InChI=1S/C11H15ClF3N3/c1-4-5-10(2,3)18-8-6-7(12)16-9(17-8)11(13,14)15/h6H,4-5H2,1-3H3,(H,16,17,18). The predicted octanol–water partition coefficient (Wildman–Crippen LogP) is 4.14. The van der Waals surface area contributed by atoms with Gasteiger partial charge in [-0.25, -0.2) is 9.97 Å². The van der Waals surface area contributed by atoms with Crippen LogP contribution >= 0.6 is 11.6 Å². The predicted molar refractivity (Wildman–Crippen MR) is 64.7 cm³/mol. The van der Waals surface area contributed by atoms with Gasteiger partial charge >= 0.3 is 6.18 Å². The third kappa shape index (κ3) is 4.33. The molecule has 0 radical (unpaired) electrons. The maximum atomic E-state index is 12.5. The third-order valence-electron chi connectivity index (χ3n) is 2.29. The van der Waals surface area contributed by atoms with Crippen LogP contribution in [0.4, 0.5) is 19.0 Å². The van der Waals surface area contributed by atoms with Crippen molar-refractivity contribution in [1.82, 2.24) is 9.97 Å². The van der Waals surface area contributed by atoms with Crippen LogP contribution in [0.3, 0.4) is 0 Å². The molecule has 0 aromatic carbocycles. The van der Waals surface area contributed by atoms with Crippen LogP contribution in [0.25, 0.3) is 0 Å². The first-order valence-electron chi connectivity index (χ1n) is 5.54. The zero-order valence-corrected chi connectivity index (χ0v) is 11.2. The number of anilines is 1. The van der Waals surface area contributed by atoms with Crippen molar-refractivity contribution < 1.29 is 13.2 Å². The van der Waals surface area contributed by atoms with E-state index in [4.69, 9.17) is 11.6 Å². The summed E-state index contributed by atoms with van der Waals surface area (Å²) in [5, 5.41) is 2.71. The first-order valence-corrected chi connectivity index (χ1v) is 5.92. The average Bonchev–Trinajstić information content (AvgIpc) is 2.13. The average molecular weight is 282 g/mol. The van der Waals surface area contributed by atoms with Crippen LogP contribution in [-0.4, -0.2) is 15.5 Å². The van der Waals surface area contributed by atoms with Crippen molar-refractivity contribution in [2.75, 3.05) is 5.32 Å². The molecule has 0 aliphatic heterocycles. The second-order valence-electron chi connectivity index (χ2n) is 4.66. The Kier molecular flexibility index (Phi) is 4.42. The molecule has 1 aromatic rings. The van der Waals surface area contributed by atoms with E-state index >= 15 is 0 Å². The molecule has 0 atom stereocenters. The molecular formula is C11H15ClF3N3. The molecule has 18 heavy (non-hydrogen) atoms. The summed E-state index contributed by atoms with van der Waals surface area (Å²) in [4.78, 5) is 6.61. The van der Waals surface area contributed by atoms with Crippen LogP contribution in [0.15, 0.2) is 6.07 Å². The molecule has 0 aliphatic rings. The molecule has 0 amide bonds. The normalized spacial score (nSPS) is 12.6. The Bertz CT molecular complexity index is 418. The van der Waals surface area contributed by atoms with E-state index in [2.05, 4.69) is 15.3 Å². The highest BCUT2D eigenvalue weighted by Crippen LogP contribution is 2.29. The lowest BCUT2D eigenvalue weighted by Crippen LogP contribution is -2.31. The molecule has 3 nitrogen and oxygen atoms in total. The summed E-state index contributed by atoms with van der Waals surface area (Å²) in [5.74, 6) is -1.15. The number of halogens is 4. The van der Waals surface area contributed by atoms with Crippen molar-refractivity contribution in [2.45, 2.75) is 45.3 Å². The van der Waals surface area contributed by atoms with Crippen LogP contribution in [0.2, 0.25) is 5.15 Å². The van der Waals surface area contributed by atoms with Crippen molar-refractivity contribution in [3.63, 3.8) is 0 Å². The second kappa shape index (κ2) is 5.30. The van der Waals surface area contributed by atoms with Crippen LogP contribution in [0.1, 0.15) is 39.4 Å². The molecule has 1 N–H and O–H groups in total. The van der Waals surface area contributed by atoms with Gasteiger partial charge in [-0.15, -0.1) is 0 Å². The molecule has 0 saturated carbocycles. The molecule has 0 spiro atoms. The summed E-state index contributed by atoms with van der Waals surface area (Å²) in [6.45, 7) is 5.77. The van der Waals surface area contributed by atoms with E-state index in [9.17, 15) is 13.2 Å². The molecule has 102 valence electrons. The molecule has 0 saturated heterocycles. The van der Waals surface area contributed by atoms with Gasteiger partial charge in [0, 0.05) is 11.6 Å². The van der Waals surface area contributed by atoms with Crippen molar-refractivity contribution in [2.24, 2.45) is 0 Å².